The van der Waals surface area contributed by atoms with Gasteiger partial charge in [-0.3, -0.25) is 0 Å². The number of rotatable bonds is 5. The fourth-order valence-corrected chi connectivity index (χ4v) is 2.56. The molecule has 0 aromatic carbocycles. The summed E-state index contributed by atoms with van der Waals surface area (Å²) in [6.07, 6.45) is 4.16. The smallest absolute Gasteiger partial charge is 0.361 e. The molecule has 118 valence electrons. The Morgan fingerprint density at radius 3 is 2.48 bits per heavy atom. The molecule has 1 aliphatic rings. The average Bonchev–Trinajstić information content (AvgIpc) is 2.82. The van der Waals surface area contributed by atoms with Gasteiger partial charge in [-0.1, -0.05) is 26.7 Å². The second kappa shape index (κ2) is 7.45. The number of hydrogen-bond acceptors (Lipinski definition) is 4. The number of carbonyl (C=O) groups excluding carboxylic acids is 1. The van der Waals surface area contributed by atoms with E-state index in [1.807, 2.05) is 6.92 Å². The Balaban J connectivity index is 2.28. The number of hydrogen-bond donors (Lipinski definition) is 0. The quantitative estimate of drug-likeness (QED) is 0.834. The van der Waals surface area contributed by atoms with Crippen LogP contribution in [0.2, 0.25) is 0 Å². The molecule has 6 nitrogen and oxygen atoms in total. The summed E-state index contributed by atoms with van der Waals surface area (Å²) in [7, 11) is 0. The lowest BCUT2D eigenvalue weighted by Gasteiger charge is -2.26. The van der Waals surface area contributed by atoms with Crippen molar-refractivity contribution in [1.29, 1.82) is 0 Å². The Bertz CT molecular complexity index is 526. The summed E-state index contributed by atoms with van der Waals surface area (Å²) in [5.74, 6) is 0. The third-order valence-electron chi connectivity index (χ3n) is 3.74. The van der Waals surface area contributed by atoms with E-state index in [0.717, 1.165) is 25.0 Å². The summed E-state index contributed by atoms with van der Waals surface area (Å²) in [6, 6.07) is -0.249. The van der Waals surface area contributed by atoms with Crippen molar-refractivity contribution in [2.24, 2.45) is 0 Å². The Hall–Kier alpha value is -1.56. The van der Waals surface area contributed by atoms with E-state index in [1.54, 1.807) is 4.90 Å². The van der Waals surface area contributed by atoms with Crippen molar-refractivity contribution in [3.8, 4) is 0 Å². The third kappa shape index (κ3) is 3.56. The zero-order valence-electron chi connectivity index (χ0n) is 12.9. The van der Waals surface area contributed by atoms with Crippen LogP contribution in [0.3, 0.4) is 0 Å². The number of amides is 1. The second-order valence-corrected chi connectivity index (χ2v) is 5.33. The minimum absolute atomic E-state index is 0.249. The summed E-state index contributed by atoms with van der Waals surface area (Å²) in [6.45, 7) is 6.25. The van der Waals surface area contributed by atoms with Gasteiger partial charge < -0.3 is 14.2 Å². The maximum Gasteiger partial charge on any atom is 0.361 e. The summed E-state index contributed by atoms with van der Waals surface area (Å²) < 4.78 is 11.7. The van der Waals surface area contributed by atoms with Crippen molar-refractivity contribution >= 4 is 6.03 Å². The van der Waals surface area contributed by atoms with E-state index in [9.17, 15) is 9.59 Å². The molecule has 0 atom stereocenters. The van der Waals surface area contributed by atoms with Gasteiger partial charge in [0.1, 0.15) is 0 Å². The fourth-order valence-electron chi connectivity index (χ4n) is 2.56. The standard InChI is InChI=1S/C15H24N2O4/c1-3-5-7-12-13(6-4-2)17(21-14(12)18)15(19)16-8-10-20-11-9-16/h3-11H2,1-2H3. The van der Waals surface area contributed by atoms with Crippen LogP contribution >= 0.6 is 0 Å². The van der Waals surface area contributed by atoms with Crippen LogP contribution in [0.1, 0.15) is 44.4 Å². The van der Waals surface area contributed by atoms with Crippen molar-refractivity contribution in [1.82, 2.24) is 9.64 Å². The van der Waals surface area contributed by atoms with Crippen LogP contribution in [0, 0.1) is 0 Å². The molecule has 1 aliphatic heterocycles. The molecule has 6 heteroatoms. The molecule has 2 rings (SSSR count). The van der Waals surface area contributed by atoms with Gasteiger partial charge >= 0.3 is 11.7 Å². The van der Waals surface area contributed by atoms with Crippen molar-refractivity contribution in [3.63, 3.8) is 0 Å². The topological polar surface area (TPSA) is 64.7 Å². The van der Waals surface area contributed by atoms with Crippen LogP contribution < -0.4 is 5.63 Å². The first-order chi connectivity index (χ1) is 10.2. The summed E-state index contributed by atoms with van der Waals surface area (Å²) >= 11 is 0. The van der Waals surface area contributed by atoms with Gasteiger partial charge in [-0.2, -0.15) is 0 Å². The van der Waals surface area contributed by atoms with Gasteiger partial charge in [-0.15, -0.1) is 4.74 Å². The van der Waals surface area contributed by atoms with Gasteiger partial charge in [0.25, 0.3) is 0 Å². The molecule has 0 unspecified atom stereocenters. The van der Waals surface area contributed by atoms with Gasteiger partial charge in [0.15, 0.2) is 0 Å². The van der Waals surface area contributed by atoms with Crippen molar-refractivity contribution in [2.45, 2.75) is 46.0 Å². The SMILES string of the molecule is CCCCc1c(CCC)n(C(=O)N2CCOCC2)oc1=O. The zero-order valence-corrected chi connectivity index (χ0v) is 12.9. The highest BCUT2D eigenvalue weighted by atomic mass is 16.5. The third-order valence-corrected chi connectivity index (χ3v) is 3.74. The summed E-state index contributed by atoms with van der Waals surface area (Å²) in [5.41, 5.74) is 1.04. The second-order valence-electron chi connectivity index (χ2n) is 5.33. The van der Waals surface area contributed by atoms with E-state index in [2.05, 4.69) is 6.92 Å². The van der Waals surface area contributed by atoms with E-state index < -0.39 is 0 Å². The van der Waals surface area contributed by atoms with Gasteiger partial charge in [-0.25, -0.2) is 9.59 Å². The number of aromatic nitrogens is 1. The van der Waals surface area contributed by atoms with Crippen LogP contribution in [-0.2, 0) is 17.6 Å². The Labute approximate surface area is 124 Å². The molecule has 21 heavy (non-hydrogen) atoms. The monoisotopic (exact) mass is 296 g/mol. The number of unbranched alkanes of at least 4 members (excludes halogenated alkanes) is 1. The molecule has 0 aliphatic carbocycles. The number of morpholine rings is 1. The molecular weight excluding hydrogens is 272 g/mol. The zero-order chi connectivity index (χ0) is 15.2. The lowest BCUT2D eigenvalue weighted by Crippen LogP contribution is -2.43. The first kappa shape index (κ1) is 15.8. The van der Waals surface area contributed by atoms with Gasteiger partial charge in [0, 0.05) is 13.1 Å². The lowest BCUT2D eigenvalue weighted by molar-refractivity contribution is 0.0478. The molecule has 0 spiro atoms. The first-order valence-corrected chi connectivity index (χ1v) is 7.80. The number of ether oxygens (including phenoxy) is 1. The highest BCUT2D eigenvalue weighted by molar-refractivity contribution is 5.76. The molecule has 1 amide bonds. The maximum absolute atomic E-state index is 12.5. The van der Waals surface area contributed by atoms with Crippen LogP contribution in [0.4, 0.5) is 4.79 Å². The minimum Gasteiger partial charge on any atom is -0.378 e. The average molecular weight is 296 g/mol. The van der Waals surface area contributed by atoms with Gasteiger partial charge in [-0.05, 0) is 19.3 Å². The molecule has 0 saturated carbocycles. The van der Waals surface area contributed by atoms with E-state index in [-0.39, 0.29) is 11.7 Å². The highest BCUT2D eigenvalue weighted by Crippen LogP contribution is 2.14. The number of nitrogens with zero attached hydrogens (tertiary/aromatic N) is 2. The molecule has 1 aromatic heterocycles. The summed E-state index contributed by atoms with van der Waals surface area (Å²) in [5, 5.41) is 0. The van der Waals surface area contributed by atoms with Crippen LogP contribution in [0.25, 0.3) is 0 Å². The van der Waals surface area contributed by atoms with E-state index in [4.69, 9.17) is 9.26 Å². The Morgan fingerprint density at radius 1 is 1.14 bits per heavy atom. The molecule has 0 radical (unpaired) electrons. The molecule has 0 bridgehead atoms. The van der Waals surface area contributed by atoms with E-state index in [0.29, 0.717) is 44.7 Å². The van der Waals surface area contributed by atoms with Crippen molar-refractivity contribution in [3.05, 3.63) is 21.7 Å². The predicted octanol–water partition coefficient (Wildman–Crippen LogP) is 2.04. The molecule has 2 heterocycles. The first-order valence-electron chi connectivity index (χ1n) is 7.80. The summed E-state index contributed by atoms with van der Waals surface area (Å²) in [4.78, 5) is 26.3. The molecule has 0 N–H and O–H groups in total. The minimum atomic E-state index is -0.367. The Kier molecular flexibility index (Phi) is 5.61. The van der Waals surface area contributed by atoms with Crippen LogP contribution in [0.15, 0.2) is 9.32 Å². The lowest BCUT2D eigenvalue weighted by atomic mass is 10.1. The Morgan fingerprint density at radius 2 is 1.86 bits per heavy atom. The highest BCUT2D eigenvalue weighted by Gasteiger charge is 2.25. The van der Waals surface area contributed by atoms with Crippen molar-refractivity contribution in [2.75, 3.05) is 26.3 Å². The van der Waals surface area contributed by atoms with Crippen LogP contribution in [-0.4, -0.2) is 42.0 Å². The largest absolute Gasteiger partial charge is 0.378 e. The fraction of sp³-hybridized carbons (Fsp3) is 0.733. The normalized spacial score (nSPS) is 15.4. The predicted molar refractivity (Wildman–Crippen MR) is 78.8 cm³/mol. The van der Waals surface area contributed by atoms with Crippen LogP contribution in [0.5, 0.6) is 0 Å². The molecular formula is C15H24N2O4. The van der Waals surface area contributed by atoms with Gasteiger partial charge in [0.05, 0.1) is 24.5 Å². The molecule has 1 aromatic rings. The van der Waals surface area contributed by atoms with E-state index in [1.165, 1.54) is 4.74 Å². The molecule has 1 saturated heterocycles. The maximum atomic E-state index is 12.5. The van der Waals surface area contributed by atoms with Gasteiger partial charge in [0.2, 0.25) is 0 Å². The van der Waals surface area contributed by atoms with Crippen molar-refractivity contribution < 1.29 is 14.1 Å². The number of carbonyl (C=O) groups is 1. The molecule has 1 fully saturated rings. The van der Waals surface area contributed by atoms with E-state index >= 15 is 0 Å².